The number of aromatic nitrogens is 2. The third-order valence-corrected chi connectivity index (χ3v) is 7.55. The molecule has 0 radical (unpaired) electrons. The maximum atomic E-state index is 4.90. The molecular weight excluding hydrogens is 370 g/mol. The zero-order valence-electron chi connectivity index (χ0n) is 18.4. The van der Waals surface area contributed by atoms with E-state index in [2.05, 4.69) is 58.6 Å². The third-order valence-electron chi connectivity index (χ3n) is 7.55. The molecule has 6 rings (SSSR count). The highest BCUT2D eigenvalue weighted by Gasteiger charge is 2.41. The Morgan fingerprint density at radius 2 is 1.83 bits per heavy atom. The minimum atomic E-state index is 0.544. The van der Waals surface area contributed by atoms with Gasteiger partial charge in [0, 0.05) is 42.3 Å². The van der Waals surface area contributed by atoms with Crippen LogP contribution in [-0.4, -0.2) is 71.6 Å². The molecule has 2 aromatic rings. The number of benzene rings is 1. The predicted octanol–water partition coefficient (Wildman–Crippen LogP) is 3.31. The second-order valence-corrected chi connectivity index (χ2v) is 9.62. The topological polar surface area (TPSA) is 44.3 Å². The lowest BCUT2D eigenvalue weighted by molar-refractivity contribution is 0.0271. The SMILES string of the molecule is Cc1nc(-c2ccccc2)cc(C2CN3CCC2CC3CNC2CCN(C)CC2)n1. The summed E-state index contributed by atoms with van der Waals surface area (Å²) in [4.78, 5) is 14.8. The first-order chi connectivity index (χ1) is 14.7. The van der Waals surface area contributed by atoms with Gasteiger partial charge in [-0.3, -0.25) is 4.90 Å². The highest BCUT2D eigenvalue weighted by atomic mass is 15.2. The highest BCUT2D eigenvalue weighted by Crippen LogP contribution is 2.41. The van der Waals surface area contributed by atoms with Crippen LogP contribution >= 0.6 is 0 Å². The molecule has 4 aliphatic rings. The maximum Gasteiger partial charge on any atom is 0.126 e. The molecule has 160 valence electrons. The van der Waals surface area contributed by atoms with Crippen molar-refractivity contribution in [1.82, 2.24) is 25.1 Å². The van der Waals surface area contributed by atoms with Gasteiger partial charge in [0.2, 0.25) is 0 Å². The predicted molar refractivity (Wildman–Crippen MR) is 122 cm³/mol. The quantitative estimate of drug-likeness (QED) is 0.827. The van der Waals surface area contributed by atoms with Gasteiger partial charge >= 0.3 is 0 Å². The summed E-state index contributed by atoms with van der Waals surface area (Å²) in [6, 6.07) is 14.2. The lowest BCUT2D eigenvalue weighted by Crippen LogP contribution is -2.57. The van der Waals surface area contributed by atoms with Gasteiger partial charge in [-0.2, -0.15) is 0 Å². The molecule has 4 fully saturated rings. The number of hydrogen-bond acceptors (Lipinski definition) is 5. The molecule has 1 aromatic heterocycles. The van der Waals surface area contributed by atoms with Crippen LogP contribution in [0.5, 0.6) is 0 Å². The molecule has 0 amide bonds. The maximum absolute atomic E-state index is 4.90. The van der Waals surface area contributed by atoms with Crippen LogP contribution in [0.1, 0.15) is 43.1 Å². The van der Waals surface area contributed by atoms with Crippen LogP contribution in [0.4, 0.5) is 0 Å². The molecule has 2 bridgehead atoms. The number of hydrogen-bond donors (Lipinski definition) is 1. The minimum absolute atomic E-state index is 0.544. The van der Waals surface area contributed by atoms with E-state index in [1.165, 1.54) is 56.6 Å². The number of aryl methyl sites for hydroxylation is 1. The van der Waals surface area contributed by atoms with Gasteiger partial charge < -0.3 is 10.2 Å². The third kappa shape index (κ3) is 4.29. The van der Waals surface area contributed by atoms with Crippen LogP contribution in [-0.2, 0) is 0 Å². The van der Waals surface area contributed by atoms with Gasteiger partial charge in [0.25, 0.3) is 0 Å². The first-order valence-corrected chi connectivity index (χ1v) is 11.7. The van der Waals surface area contributed by atoms with Crippen molar-refractivity contribution in [2.24, 2.45) is 5.92 Å². The van der Waals surface area contributed by atoms with Crippen molar-refractivity contribution in [3.05, 3.63) is 47.9 Å². The van der Waals surface area contributed by atoms with Gasteiger partial charge in [0.05, 0.1) is 5.69 Å². The normalized spacial score (nSPS) is 29.9. The van der Waals surface area contributed by atoms with Crippen molar-refractivity contribution in [3.63, 3.8) is 0 Å². The van der Waals surface area contributed by atoms with Crippen molar-refractivity contribution in [2.45, 2.75) is 50.6 Å². The number of fused-ring (bicyclic) bond motifs is 3. The Morgan fingerprint density at radius 1 is 1.03 bits per heavy atom. The Hall–Kier alpha value is -1.82. The molecule has 0 aliphatic carbocycles. The van der Waals surface area contributed by atoms with E-state index in [4.69, 9.17) is 9.97 Å². The molecule has 4 saturated heterocycles. The Kier molecular flexibility index (Phi) is 5.85. The monoisotopic (exact) mass is 405 g/mol. The molecule has 30 heavy (non-hydrogen) atoms. The zero-order chi connectivity index (χ0) is 20.5. The van der Waals surface area contributed by atoms with E-state index in [0.29, 0.717) is 18.0 Å². The molecule has 0 spiro atoms. The molecular formula is C25H35N5. The lowest BCUT2D eigenvalue weighted by atomic mass is 9.74. The fraction of sp³-hybridized carbons (Fsp3) is 0.600. The molecule has 4 unspecified atom stereocenters. The van der Waals surface area contributed by atoms with E-state index >= 15 is 0 Å². The van der Waals surface area contributed by atoms with Gasteiger partial charge in [0.15, 0.2) is 0 Å². The van der Waals surface area contributed by atoms with Crippen LogP contribution < -0.4 is 5.32 Å². The summed E-state index contributed by atoms with van der Waals surface area (Å²) in [6.45, 7) is 8.04. The summed E-state index contributed by atoms with van der Waals surface area (Å²) >= 11 is 0. The molecule has 5 nitrogen and oxygen atoms in total. The summed E-state index contributed by atoms with van der Waals surface area (Å²) in [5.41, 5.74) is 3.50. The standard InChI is InChI=1S/C25H35N5/c1-18-27-24(19-6-4-3-5-7-19)15-25(28-18)23-17-30-13-8-20(23)14-22(30)16-26-21-9-11-29(2)12-10-21/h3-7,15,20-23,26H,8-14,16-17H2,1-2H3. The number of likely N-dealkylation sites (tertiary alicyclic amines) is 1. The van der Waals surface area contributed by atoms with E-state index in [-0.39, 0.29) is 0 Å². The Bertz CT molecular complexity index is 846. The van der Waals surface area contributed by atoms with E-state index in [1.807, 2.05) is 6.92 Å². The van der Waals surface area contributed by atoms with Crippen molar-refractivity contribution in [2.75, 3.05) is 39.8 Å². The van der Waals surface area contributed by atoms with Gasteiger partial charge in [-0.05, 0) is 71.3 Å². The second kappa shape index (κ2) is 8.74. The fourth-order valence-corrected chi connectivity index (χ4v) is 5.74. The average Bonchev–Trinajstić information content (AvgIpc) is 2.79. The molecule has 1 N–H and O–H groups in total. The molecule has 4 aliphatic heterocycles. The Balaban J connectivity index is 1.26. The van der Waals surface area contributed by atoms with Gasteiger partial charge in [-0.25, -0.2) is 9.97 Å². The van der Waals surface area contributed by atoms with Crippen molar-refractivity contribution < 1.29 is 0 Å². The van der Waals surface area contributed by atoms with E-state index in [0.717, 1.165) is 30.5 Å². The first kappa shape index (κ1) is 20.1. The van der Waals surface area contributed by atoms with Crippen molar-refractivity contribution in [1.29, 1.82) is 0 Å². The second-order valence-electron chi connectivity index (χ2n) is 9.62. The number of rotatable bonds is 5. The molecule has 4 atom stereocenters. The van der Waals surface area contributed by atoms with E-state index < -0.39 is 0 Å². The van der Waals surface area contributed by atoms with Crippen molar-refractivity contribution in [3.8, 4) is 11.3 Å². The lowest BCUT2D eigenvalue weighted by Gasteiger charge is -2.50. The molecule has 5 heteroatoms. The summed E-state index contributed by atoms with van der Waals surface area (Å²) in [7, 11) is 2.24. The number of piperidine rings is 4. The number of nitrogens with one attached hydrogen (secondary N) is 1. The smallest absolute Gasteiger partial charge is 0.126 e. The van der Waals surface area contributed by atoms with Crippen molar-refractivity contribution >= 4 is 0 Å². The van der Waals surface area contributed by atoms with Crippen LogP contribution in [0.2, 0.25) is 0 Å². The highest BCUT2D eigenvalue weighted by molar-refractivity contribution is 5.59. The first-order valence-electron chi connectivity index (χ1n) is 11.7. The van der Waals surface area contributed by atoms with Crippen LogP contribution in [0.25, 0.3) is 11.3 Å². The van der Waals surface area contributed by atoms with E-state index in [9.17, 15) is 0 Å². The molecule has 1 aromatic carbocycles. The molecule has 0 saturated carbocycles. The summed E-state index contributed by atoms with van der Waals surface area (Å²) in [6.07, 6.45) is 5.18. The number of nitrogens with zero attached hydrogens (tertiary/aromatic N) is 4. The zero-order valence-corrected chi connectivity index (χ0v) is 18.4. The summed E-state index contributed by atoms with van der Waals surface area (Å²) in [5, 5.41) is 3.90. The summed E-state index contributed by atoms with van der Waals surface area (Å²) < 4.78 is 0. The Labute approximate surface area is 180 Å². The summed E-state index contributed by atoms with van der Waals surface area (Å²) in [5.74, 6) is 2.18. The van der Waals surface area contributed by atoms with Crippen LogP contribution in [0, 0.1) is 12.8 Å². The largest absolute Gasteiger partial charge is 0.312 e. The average molecular weight is 406 g/mol. The van der Waals surface area contributed by atoms with Gasteiger partial charge in [-0.1, -0.05) is 30.3 Å². The Morgan fingerprint density at radius 3 is 2.57 bits per heavy atom. The fourth-order valence-electron chi connectivity index (χ4n) is 5.74. The van der Waals surface area contributed by atoms with Crippen LogP contribution in [0.3, 0.4) is 0 Å². The van der Waals surface area contributed by atoms with E-state index in [1.54, 1.807) is 0 Å². The minimum Gasteiger partial charge on any atom is -0.312 e. The molecule has 5 heterocycles. The van der Waals surface area contributed by atoms with Gasteiger partial charge in [-0.15, -0.1) is 0 Å². The van der Waals surface area contributed by atoms with Crippen LogP contribution in [0.15, 0.2) is 36.4 Å². The van der Waals surface area contributed by atoms with Gasteiger partial charge in [0.1, 0.15) is 5.82 Å².